The Kier molecular flexibility index (Phi) is 7.54. The molecule has 3 N–H and O–H groups in total. The third-order valence-electron chi connectivity index (χ3n) is 2.62. The van der Waals surface area contributed by atoms with E-state index in [4.69, 9.17) is 10.8 Å². The van der Waals surface area contributed by atoms with Gasteiger partial charge in [-0.25, -0.2) is 0 Å². The maximum atomic E-state index is 12.0. The number of carbonyl (C=O) groups excluding carboxylic acids is 1. The molecule has 0 radical (unpaired) electrons. The molecule has 1 atom stereocenters. The molecule has 0 aliphatic rings. The SMILES string of the molecule is CCCCCN(C(=O)C(N)CC(=O)O)C(C)C. The number of carbonyl (C=O) groups is 2. The zero-order valence-corrected chi connectivity index (χ0v) is 11.0. The van der Waals surface area contributed by atoms with Gasteiger partial charge >= 0.3 is 5.97 Å². The molecule has 0 aromatic carbocycles. The van der Waals surface area contributed by atoms with Crippen molar-refractivity contribution in [2.45, 2.75) is 58.5 Å². The van der Waals surface area contributed by atoms with Gasteiger partial charge in [-0.15, -0.1) is 0 Å². The van der Waals surface area contributed by atoms with Gasteiger partial charge in [0.1, 0.15) is 0 Å². The van der Waals surface area contributed by atoms with Crippen LogP contribution < -0.4 is 5.73 Å². The average Bonchev–Trinajstić information content (AvgIpc) is 2.22. The van der Waals surface area contributed by atoms with Crippen LogP contribution in [0.3, 0.4) is 0 Å². The van der Waals surface area contributed by atoms with E-state index in [0.29, 0.717) is 6.54 Å². The monoisotopic (exact) mass is 244 g/mol. The molecule has 0 aliphatic carbocycles. The van der Waals surface area contributed by atoms with E-state index in [9.17, 15) is 9.59 Å². The van der Waals surface area contributed by atoms with Gasteiger partial charge in [-0.2, -0.15) is 0 Å². The quantitative estimate of drug-likeness (QED) is 0.629. The fourth-order valence-electron chi connectivity index (χ4n) is 1.64. The van der Waals surface area contributed by atoms with Crippen molar-refractivity contribution in [2.24, 2.45) is 5.73 Å². The number of hydrogen-bond donors (Lipinski definition) is 2. The standard InChI is InChI=1S/C12H24N2O3/c1-4-5-6-7-14(9(2)3)12(17)10(13)8-11(15)16/h9-10H,4-8,13H2,1-3H3,(H,15,16). The lowest BCUT2D eigenvalue weighted by atomic mass is 10.1. The van der Waals surface area contributed by atoms with Gasteiger partial charge in [0.15, 0.2) is 0 Å². The Labute approximate surface area is 103 Å². The molecule has 1 amide bonds. The van der Waals surface area contributed by atoms with E-state index in [0.717, 1.165) is 19.3 Å². The second-order valence-electron chi connectivity index (χ2n) is 4.54. The molecule has 1 unspecified atom stereocenters. The highest BCUT2D eigenvalue weighted by Crippen LogP contribution is 2.07. The molecule has 0 aromatic rings. The zero-order chi connectivity index (χ0) is 13.4. The van der Waals surface area contributed by atoms with E-state index in [1.807, 2.05) is 13.8 Å². The first-order chi connectivity index (χ1) is 7.90. The lowest BCUT2D eigenvalue weighted by Gasteiger charge is -2.29. The van der Waals surface area contributed by atoms with Crippen LogP contribution in [0.25, 0.3) is 0 Å². The molecule has 0 saturated heterocycles. The van der Waals surface area contributed by atoms with Crippen LogP contribution in [0.4, 0.5) is 0 Å². The summed E-state index contributed by atoms with van der Waals surface area (Å²) in [4.78, 5) is 24.1. The smallest absolute Gasteiger partial charge is 0.305 e. The Morgan fingerprint density at radius 1 is 1.29 bits per heavy atom. The molecule has 5 heteroatoms. The van der Waals surface area contributed by atoms with Gasteiger partial charge in [0, 0.05) is 12.6 Å². The second kappa shape index (κ2) is 8.06. The summed E-state index contributed by atoms with van der Waals surface area (Å²) in [6.07, 6.45) is 2.77. The molecular formula is C12H24N2O3. The maximum Gasteiger partial charge on any atom is 0.305 e. The van der Waals surface area contributed by atoms with Gasteiger partial charge in [0.05, 0.1) is 12.5 Å². The summed E-state index contributed by atoms with van der Waals surface area (Å²) >= 11 is 0. The largest absolute Gasteiger partial charge is 0.481 e. The molecule has 0 aromatic heterocycles. The summed E-state index contributed by atoms with van der Waals surface area (Å²) in [6.45, 7) is 6.57. The first-order valence-electron chi connectivity index (χ1n) is 6.18. The molecule has 17 heavy (non-hydrogen) atoms. The number of unbranched alkanes of at least 4 members (excludes halogenated alkanes) is 2. The Balaban J connectivity index is 4.37. The highest BCUT2D eigenvalue weighted by atomic mass is 16.4. The molecule has 0 heterocycles. The minimum Gasteiger partial charge on any atom is -0.481 e. The summed E-state index contributed by atoms with van der Waals surface area (Å²) < 4.78 is 0. The van der Waals surface area contributed by atoms with Gasteiger partial charge in [-0.3, -0.25) is 9.59 Å². The van der Waals surface area contributed by atoms with Crippen molar-refractivity contribution in [1.82, 2.24) is 4.90 Å². The van der Waals surface area contributed by atoms with Crippen molar-refractivity contribution in [1.29, 1.82) is 0 Å². The zero-order valence-electron chi connectivity index (χ0n) is 11.0. The number of carboxylic acid groups (broad SMARTS) is 1. The molecular weight excluding hydrogens is 220 g/mol. The predicted molar refractivity (Wildman–Crippen MR) is 66.6 cm³/mol. The van der Waals surface area contributed by atoms with E-state index in [1.165, 1.54) is 0 Å². The molecule has 0 rings (SSSR count). The van der Waals surface area contributed by atoms with Crippen molar-refractivity contribution in [2.75, 3.05) is 6.54 Å². The van der Waals surface area contributed by atoms with Crippen molar-refractivity contribution in [3.8, 4) is 0 Å². The van der Waals surface area contributed by atoms with Crippen LogP contribution in [0.5, 0.6) is 0 Å². The fourth-order valence-corrected chi connectivity index (χ4v) is 1.64. The van der Waals surface area contributed by atoms with Gasteiger partial charge in [0.2, 0.25) is 5.91 Å². The third-order valence-corrected chi connectivity index (χ3v) is 2.62. The number of rotatable bonds is 8. The van der Waals surface area contributed by atoms with Crippen molar-refractivity contribution < 1.29 is 14.7 Å². The first kappa shape index (κ1) is 15.9. The normalized spacial score (nSPS) is 12.5. The summed E-state index contributed by atoms with van der Waals surface area (Å²) in [5.41, 5.74) is 5.59. The number of hydrogen-bond acceptors (Lipinski definition) is 3. The molecule has 0 bridgehead atoms. The molecule has 0 saturated carbocycles. The number of carboxylic acids is 1. The van der Waals surface area contributed by atoms with E-state index >= 15 is 0 Å². The Bertz CT molecular complexity index is 254. The van der Waals surface area contributed by atoms with Crippen molar-refractivity contribution in [3.05, 3.63) is 0 Å². The number of nitrogens with zero attached hydrogens (tertiary/aromatic N) is 1. The molecule has 0 aliphatic heterocycles. The fraction of sp³-hybridized carbons (Fsp3) is 0.833. The van der Waals surface area contributed by atoms with Crippen LogP contribution in [0, 0.1) is 0 Å². The topological polar surface area (TPSA) is 83.6 Å². The summed E-state index contributed by atoms with van der Waals surface area (Å²) in [5.74, 6) is -1.30. The first-order valence-corrected chi connectivity index (χ1v) is 6.18. The van der Waals surface area contributed by atoms with Gasteiger partial charge in [-0.1, -0.05) is 19.8 Å². The van der Waals surface area contributed by atoms with E-state index in [-0.39, 0.29) is 18.4 Å². The molecule has 100 valence electrons. The predicted octanol–water partition coefficient (Wildman–Crippen LogP) is 1.22. The number of aliphatic carboxylic acids is 1. The minimum atomic E-state index is -1.04. The minimum absolute atomic E-state index is 0.0548. The third kappa shape index (κ3) is 6.26. The van der Waals surface area contributed by atoms with Gasteiger partial charge in [-0.05, 0) is 20.3 Å². The molecule has 0 fully saturated rings. The number of amides is 1. The second-order valence-corrected chi connectivity index (χ2v) is 4.54. The van der Waals surface area contributed by atoms with Crippen molar-refractivity contribution >= 4 is 11.9 Å². The van der Waals surface area contributed by atoms with Crippen LogP contribution in [0.2, 0.25) is 0 Å². The molecule has 5 nitrogen and oxygen atoms in total. The summed E-state index contributed by atoms with van der Waals surface area (Å²) in [6, 6.07) is -0.879. The maximum absolute atomic E-state index is 12.0. The van der Waals surface area contributed by atoms with Crippen LogP contribution in [-0.4, -0.2) is 40.5 Å². The Morgan fingerprint density at radius 2 is 1.88 bits per heavy atom. The lowest BCUT2D eigenvalue weighted by molar-refractivity contribution is -0.142. The van der Waals surface area contributed by atoms with E-state index < -0.39 is 12.0 Å². The van der Waals surface area contributed by atoms with Crippen molar-refractivity contribution in [3.63, 3.8) is 0 Å². The molecule has 0 spiro atoms. The highest BCUT2D eigenvalue weighted by molar-refractivity contribution is 5.86. The van der Waals surface area contributed by atoms with Crippen LogP contribution in [-0.2, 0) is 9.59 Å². The van der Waals surface area contributed by atoms with E-state index in [1.54, 1.807) is 4.90 Å². The highest BCUT2D eigenvalue weighted by Gasteiger charge is 2.24. The van der Waals surface area contributed by atoms with E-state index in [2.05, 4.69) is 6.92 Å². The summed E-state index contributed by atoms with van der Waals surface area (Å²) in [7, 11) is 0. The van der Waals surface area contributed by atoms with Gasteiger partial charge in [0.25, 0.3) is 0 Å². The van der Waals surface area contributed by atoms with Crippen LogP contribution in [0.1, 0.15) is 46.5 Å². The Hall–Kier alpha value is -1.10. The Morgan fingerprint density at radius 3 is 2.29 bits per heavy atom. The van der Waals surface area contributed by atoms with Crippen LogP contribution >= 0.6 is 0 Å². The lowest BCUT2D eigenvalue weighted by Crippen LogP contribution is -2.48. The average molecular weight is 244 g/mol. The number of nitrogens with two attached hydrogens (primary N) is 1. The summed E-state index contributed by atoms with van der Waals surface area (Å²) in [5, 5.41) is 8.62. The van der Waals surface area contributed by atoms with Crippen LogP contribution in [0.15, 0.2) is 0 Å². The van der Waals surface area contributed by atoms with Gasteiger partial charge < -0.3 is 15.7 Å².